The minimum Gasteiger partial charge on any atom is -0.367 e. The zero-order valence-electron chi connectivity index (χ0n) is 11.1. The van der Waals surface area contributed by atoms with E-state index in [9.17, 15) is 10.1 Å². The van der Waals surface area contributed by atoms with Gasteiger partial charge >= 0.3 is 0 Å². The summed E-state index contributed by atoms with van der Waals surface area (Å²) in [7, 11) is 0. The van der Waals surface area contributed by atoms with Crippen LogP contribution in [0, 0.1) is 11.3 Å². The lowest BCUT2D eigenvalue weighted by Crippen LogP contribution is -2.26. The third-order valence-corrected chi connectivity index (χ3v) is 3.94. The molecule has 0 amide bonds. The molecular weight excluding hydrogens is 272 g/mol. The van der Waals surface area contributed by atoms with Crippen LogP contribution in [0.2, 0.25) is 0 Å². The molecule has 0 fully saturated rings. The predicted molar refractivity (Wildman–Crippen MR) is 78.6 cm³/mol. The van der Waals surface area contributed by atoms with Crippen LogP contribution in [0.5, 0.6) is 0 Å². The summed E-state index contributed by atoms with van der Waals surface area (Å²) < 4.78 is 6.26. The van der Waals surface area contributed by atoms with E-state index in [0.29, 0.717) is 5.01 Å². The van der Waals surface area contributed by atoms with Gasteiger partial charge in [-0.2, -0.15) is 5.26 Å². The van der Waals surface area contributed by atoms with Crippen LogP contribution in [-0.2, 0) is 9.53 Å². The van der Waals surface area contributed by atoms with Gasteiger partial charge in [0.25, 0.3) is 0 Å². The van der Waals surface area contributed by atoms with Crippen molar-refractivity contribution in [1.29, 1.82) is 5.26 Å². The summed E-state index contributed by atoms with van der Waals surface area (Å²) in [6.45, 7) is 5.46. The molecule has 2 aromatic rings. The molecule has 20 heavy (non-hydrogen) atoms. The monoisotopic (exact) mass is 286 g/mol. The molecule has 0 spiro atoms. The van der Waals surface area contributed by atoms with E-state index < -0.39 is 12.0 Å². The molecule has 0 radical (unpaired) electrons. The van der Waals surface area contributed by atoms with E-state index in [2.05, 4.69) is 11.6 Å². The Labute approximate surface area is 121 Å². The SMILES string of the molecule is C=CCOC(C)C(=O)C(C#N)c1nc2ccccc2s1. The zero-order valence-corrected chi connectivity index (χ0v) is 11.9. The fraction of sp³-hybridized carbons (Fsp3) is 0.267. The summed E-state index contributed by atoms with van der Waals surface area (Å²) >= 11 is 1.37. The topological polar surface area (TPSA) is 63.0 Å². The second-order valence-electron chi connectivity index (χ2n) is 4.25. The molecule has 102 valence electrons. The molecule has 0 aliphatic heterocycles. The Morgan fingerprint density at radius 1 is 1.60 bits per heavy atom. The number of hydrogen-bond acceptors (Lipinski definition) is 5. The number of aromatic nitrogens is 1. The number of ether oxygens (including phenoxy) is 1. The van der Waals surface area contributed by atoms with Gasteiger partial charge in [0, 0.05) is 0 Å². The molecule has 1 aromatic heterocycles. The van der Waals surface area contributed by atoms with Gasteiger partial charge in [-0.05, 0) is 19.1 Å². The van der Waals surface area contributed by atoms with Crippen LogP contribution in [0.1, 0.15) is 17.8 Å². The number of hydrogen-bond donors (Lipinski definition) is 0. The largest absolute Gasteiger partial charge is 0.367 e. The van der Waals surface area contributed by atoms with Crippen LogP contribution >= 0.6 is 11.3 Å². The number of ketones is 1. The first kappa shape index (κ1) is 14.4. The highest BCUT2D eigenvalue weighted by Gasteiger charge is 2.28. The highest BCUT2D eigenvalue weighted by atomic mass is 32.1. The normalized spacial score (nSPS) is 13.6. The molecule has 0 bridgehead atoms. The van der Waals surface area contributed by atoms with Crippen molar-refractivity contribution in [3.8, 4) is 6.07 Å². The van der Waals surface area contributed by atoms with Crippen molar-refractivity contribution in [1.82, 2.24) is 4.98 Å². The molecular formula is C15H14N2O2S. The summed E-state index contributed by atoms with van der Waals surface area (Å²) in [6, 6.07) is 9.61. The van der Waals surface area contributed by atoms with Crippen molar-refractivity contribution in [2.45, 2.75) is 18.9 Å². The van der Waals surface area contributed by atoms with Crippen molar-refractivity contribution in [3.63, 3.8) is 0 Å². The molecule has 5 heteroatoms. The quantitative estimate of drug-likeness (QED) is 0.766. The third-order valence-electron chi connectivity index (χ3n) is 2.84. The maximum Gasteiger partial charge on any atom is 0.185 e. The summed E-state index contributed by atoms with van der Waals surface area (Å²) in [4.78, 5) is 16.6. The number of para-hydroxylation sites is 1. The van der Waals surface area contributed by atoms with Crippen LogP contribution in [-0.4, -0.2) is 23.5 Å². The number of thiazole rings is 1. The molecule has 0 N–H and O–H groups in total. The molecule has 4 nitrogen and oxygen atoms in total. The average Bonchev–Trinajstić information content (AvgIpc) is 2.88. The maximum absolute atomic E-state index is 12.2. The van der Waals surface area contributed by atoms with Crippen LogP contribution in [0.25, 0.3) is 10.2 Å². The number of benzene rings is 1. The van der Waals surface area contributed by atoms with Gasteiger partial charge in [0.2, 0.25) is 0 Å². The van der Waals surface area contributed by atoms with Crippen molar-refractivity contribution in [2.75, 3.05) is 6.61 Å². The lowest BCUT2D eigenvalue weighted by atomic mass is 10.0. The summed E-state index contributed by atoms with van der Waals surface area (Å²) in [5.41, 5.74) is 0.806. The Kier molecular flexibility index (Phi) is 4.61. The maximum atomic E-state index is 12.2. The standard InChI is InChI=1S/C15H14N2O2S/c1-3-8-19-10(2)14(18)11(9-16)15-17-12-6-4-5-7-13(12)20-15/h3-7,10-11H,1,8H2,2H3. The summed E-state index contributed by atoms with van der Waals surface area (Å²) in [5, 5.41) is 9.79. The van der Waals surface area contributed by atoms with Gasteiger partial charge < -0.3 is 4.74 Å². The van der Waals surface area contributed by atoms with Gasteiger partial charge in [0.05, 0.1) is 22.9 Å². The summed E-state index contributed by atoms with van der Waals surface area (Å²) in [6.07, 6.45) is 0.924. The average molecular weight is 286 g/mol. The second-order valence-corrected chi connectivity index (χ2v) is 5.31. The molecule has 0 saturated heterocycles. The van der Waals surface area contributed by atoms with Crippen LogP contribution in [0.3, 0.4) is 0 Å². The van der Waals surface area contributed by atoms with Crippen LogP contribution in [0.15, 0.2) is 36.9 Å². The second kappa shape index (κ2) is 6.42. The number of Topliss-reactive ketones (excluding diaryl/α,β-unsaturated/α-hetero) is 1. The van der Waals surface area contributed by atoms with Crippen molar-refractivity contribution >= 4 is 27.3 Å². The Morgan fingerprint density at radius 2 is 2.35 bits per heavy atom. The third kappa shape index (κ3) is 2.93. The number of carbonyl (C=O) groups excluding carboxylic acids is 1. The van der Waals surface area contributed by atoms with Gasteiger partial charge in [-0.25, -0.2) is 4.98 Å². The smallest absolute Gasteiger partial charge is 0.185 e. The number of carbonyl (C=O) groups is 1. The molecule has 2 rings (SSSR count). The van der Waals surface area contributed by atoms with Crippen LogP contribution in [0.4, 0.5) is 0 Å². The zero-order chi connectivity index (χ0) is 14.5. The first-order valence-electron chi connectivity index (χ1n) is 6.18. The highest BCUT2D eigenvalue weighted by molar-refractivity contribution is 7.18. The van der Waals surface area contributed by atoms with E-state index in [0.717, 1.165) is 10.2 Å². The Balaban J connectivity index is 2.25. The van der Waals surface area contributed by atoms with Gasteiger partial charge in [-0.15, -0.1) is 17.9 Å². The van der Waals surface area contributed by atoms with Crippen molar-refractivity contribution < 1.29 is 9.53 Å². The Bertz CT molecular complexity index is 639. The van der Waals surface area contributed by atoms with Crippen LogP contribution < -0.4 is 0 Å². The van der Waals surface area contributed by atoms with E-state index in [1.54, 1.807) is 13.0 Å². The molecule has 2 unspecified atom stereocenters. The molecule has 0 aliphatic carbocycles. The molecule has 1 heterocycles. The van der Waals surface area contributed by atoms with Gasteiger partial charge in [0.15, 0.2) is 11.7 Å². The van der Waals surface area contributed by atoms with Gasteiger partial charge in [0.1, 0.15) is 11.1 Å². The van der Waals surface area contributed by atoms with E-state index >= 15 is 0 Å². The summed E-state index contributed by atoms with van der Waals surface area (Å²) in [5.74, 6) is -1.15. The molecule has 2 atom stereocenters. The number of nitrogens with zero attached hydrogens (tertiary/aromatic N) is 2. The number of rotatable bonds is 6. The lowest BCUT2D eigenvalue weighted by molar-refractivity contribution is -0.129. The van der Waals surface area contributed by atoms with Crippen molar-refractivity contribution in [2.24, 2.45) is 0 Å². The fourth-order valence-electron chi connectivity index (χ4n) is 1.78. The number of fused-ring (bicyclic) bond motifs is 1. The number of nitriles is 1. The lowest BCUT2D eigenvalue weighted by Gasteiger charge is -2.12. The van der Waals surface area contributed by atoms with Gasteiger partial charge in [-0.1, -0.05) is 18.2 Å². The minimum absolute atomic E-state index is 0.270. The fourth-order valence-corrected chi connectivity index (χ4v) is 2.80. The van der Waals surface area contributed by atoms with E-state index in [1.165, 1.54) is 11.3 Å². The van der Waals surface area contributed by atoms with Gasteiger partial charge in [-0.3, -0.25) is 4.79 Å². The van der Waals surface area contributed by atoms with E-state index in [-0.39, 0.29) is 12.4 Å². The first-order chi connectivity index (χ1) is 9.67. The first-order valence-corrected chi connectivity index (χ1v) is 7.00. The molecule has 1 aromatic carbocycles. The minimum atomic E-state index is -0.882. The van der Waals surface area contributed by atoms with E-state index in [4.69, 9.17) is 4.74 Å². The Hall–Kier alpha value is -2.03. The highest BCUT2D eigenvalue weighted by Crippen LogP contribution is 2.28. The van der Waals surface area contributed by atoms with Crippen molar-refractivity contribution in [3.05, 3.63) is 41.9 Å². The predicted octanol–water partition coefficient (Wildman–Crippen LogP) is 3.06. The van der Waals surface area contributed by atoms with E-state index in [1.807, 2.05) is 30.3 Å². The molecule has 0 aliphatic rings. The Morgan fingerprint density at radius 3 is 3.00 bits per heavy atom. The molecule has 0 saturated carbocycles.